The standard InChI is InChI=1S/C14H18ClNO4/c15-11-3-4-13(20-9-14(17)18)10(6-11)7-16-8-12-2-1-5-19-12/h3-4,6,12,16H,1-2,5,7-9H2,(H,17,18)/t12-/m1/s1. The molecule has 2 N–H and O–H groups in total. The van der Waals surface area contributed by atoms with Crippen LogP contribution in [0.3, 0.4) is 0 Å². The highest BCUT2D eigenvalue weighted by Gasteiger charge is 2.15. The lowest BCUT2D eigenvalue weighted by atomic mass is 10.2. The maximum atomic E-state index is 10.6. The second-order valence-corrected chi connectivity index (χ2v) is 5.14. The van der Waals surface area contributed by atoms with Gasteiger partial charge in [-0.3, -0.25) is 0 Å². The SMILES string of the molecule is O=C(O)COc1ccc(Cl)cc1CNC[C@H]1CCCO1. The van der Waals surface area contributed by atoms with E-state index in [1.54, 1.807) is 18.2 Å². The second kappa shape index (κ2) is 7.47. The summed E-state index contributed by atoms with van der Waals surface area (Å²) in [7, 11) is 0. The number of hydrogen-bond acceptors (Lipinski definition) is 4. The van der Waals surface area contributed by atoms with Gasteiger partial charge >= 0.3 is 5.97 Å². The summed E-state index contributed by atoms with van der Waals surface area (Å²) >= 11 is 5.96. The zero-order chi connectivity index (χ0) is 14.4. The molecule has 1 saturated heterocycles. The molecular formula is C14H18ClNO4. The maximum absolute atomic E-state index is 10.6. The van der Waals surface area contributed by atoms with Crippen molar-refractivity contribution in [1.82, 2.24) is 5.32 Å². The van der Waals surface area contributed by atoms with Crippen LogP contribution in [0.5, 0.6) is 5.75 Å². The largest absolute Gasteiger partial charge is 0.482 e. The summed E-state index contributed by atoms with van der Waals surface area (Å²) < 4.78 is 10.8. The Morgan fingerprint density at radius 1 is 1.55 bits per heavy atom. The number of halogens is 1. The molecule has 1 atom stereocenters. The lowest BCUT2D eigenvalue weighted by molar-refractivity contribution is -0.139. The quantitative estimate of drug-likeness (QED) is 0.807. The van der Waals surface area contributed by atoms with Gasteiger partial charge in [0.05, 0.1) is 6.10 Å². The van der Waals surface area contributed by atoms with Crippen LogP contribution in [0.25, 0.3) is 0 Å². The third-order valence-electron chi connectivity index (χ3n) is 3.09. The summed E-state index contributed by atoms with van der Waals surface area (Å²) in [5.41, 5.74) is 0.844. The highest BCUT2D eigenvalue weighted by Crippen LogP contribution is 2.23. The number of carboxylic acid groups (broad SMARTS) is 1. The van der Waals surface area contributed by atoms with Crippen LogP contribution in [0.1, 0.15) is 18.4 Å². The molecule has 1 aromatic rings. The Bertz CT molecular complexity index is 460. The fraction of sp³-hybridized carbons (Fsp3) is 0.500. The van der Waals surface area contributed by atoms with Gasteiger partial charge in [0.1, 0.15) is 5.75 Å². The summed E-state index contributed by atoms with van der Waals surface area (Å²) in [6, 6.07) is 5.15. The van der Waals surface area contributed by atoms with Crippen LogP contribution in [-0.2, 0) is 16.1 Å². The van der Waals surface area contributed by atoms with Crippen molar-refractivity contribution in [3.63, 3.8) is 0 Å². The molecule has 0 bridgehead atoms. The molecule has 1 fully saturated rings. The van der Waals surface area contributed by atoms with Crippen molar-refractivity contribution < 1.29 is 19.4 Å². The van der Waals surface area contributed by atoms with E-state index in [1.807, 2.05) is 0 Å². The molecule has 0 saturated carbocycles. The van der Waals surface area contributed by atoms with Gasteiger partial charge in [-0.1, -0.05) is 11.6 Å². The van der Waals surface area contributed by atoms with E-state index in [2.05, 4.69) is 5.32 Å². The zero-order valence-corrected chi connectivity index (χ0v) is 11.9. The van der Waals surface area contributed by atoms with E-state index in [0.717, 1.165) is 31.6 Å². The predicted molar refractivity (Wildman–Crippen MR) is 75.3 cm³/mol. The molecule has 0 spiro atoms. The van der Waals surface area contributed by atoms with Gasteiger partial charge in [0, 0.05) is 30.3 Å². The molecule has 20 heavy (non-hydrogen) atoms. The fourth-order valence-corrected chi connectivity index (χ4v) is 2.33. The van der Waals surface area contributed by atoms with Gasteiger partial charge in [-0.25, -0.2) is 4.79 Å². The van der Waals surface area contributed by atoms with Gasteiger partial charge in [-0.15, -0.1) is 0 Å². The van der Waals surface area contributed by atoms with E-state index >= 15 is 0 Å². The van der Waals surface area contributed by atoms with Crippen molar-refractivity contribution in [2.45, 2.75) is 25.5 Å². The van der Waals surface area contributed by atoms with Crippen LogP contribution in [0, 0.1) is 0 Å². The molecule has 110 valence electrons. The van der Waals surface area contributed by atoms with E-state index in [4.69, 9.17) is 26.2 Å². The summed E-state index contributed by atoms with van der Waals surface area (Å²) in [5.74, 6) is -0.463. The molecule has 1 aromatic carbocycles. The first-order chi connectivity index (χ1) is 9.65. The highest BCUT2D eigenvalue weighted by atomic mass is 35.5. The Morgan fingerprint density at radius 2 is 2.40 bits per heavy atom. The summed E-state index contributed by atoms with van der Waals surface area (Å²) in [4.78, 5) is 10.6. The number of nitrogens with one attached hydrogen (secondary N) is 1. The van der Waals surface area contributed by atoms with Gasteiger partial charge in [-0.2, -0.15) is 0 Å². The van der Waals surface area contributed by atoms with Gasteiger partial charge in [-0.05, 0) is 31.0 Å². The first-order valence-corrected chi connectivity index (χ1v) is 6.98. The molecule has 0 aromatic heterocycles. The summed E-state index contributed by atoms with van der Waals surface area (Å²) in [6.07, 6.45) is 2.44. The Balaban J connectivity index is 1.90. The van der Waals surface area contributed by atoms with Gasteiger partial charge < -0.3 is 19.9 Å². The number of carbonyl (C=O) groups is 1. The van der Waals surface area contributed by atoms with Crippen LogP contribution < -0.4 is 10.1 Å². The van der Waals surface area contributed by atoms with Crippen LogP contribution in [0.15, 0.2) is 18.2 Å². The van der Waals surface area contributed by atoms with Crippen LogP contribution >= 0.6 is 11.6 Å². The zero-order valence-electron chi connectivity index (χ0n) is 11.1. The average molecular weight is 300 g/mol. The Morgan fingerprint density at radius 3 is 3.10 bits per heavy atom. The van der Waals surface area contributed by atoms with Crippen molar-refractivity contribution in [2.24, 2.45) is 0 Å². The monoisotopic (exact) mass is 299 g/mol. The molecule has 5 nitrogen and oxygen atoms in total. The lowest BCUT2D eigenvalue weighted by Gasteiger charge is -2.14. The average Bonchev–Trinajstić information content (AvgIpc) is 2.91. The molecule has 0 aliphatic carbocycles. The molecular weight excluding hydrogens is 282 g/mol. The van der Waals surface area contributed by atoms with E-state index in [9.17, 15) is 4.79 Å². The van der Waals surface area contributed by atoms with E-state index in [-0.39, 0.29) is 12.7 Å². The van der Waals surface area contributed by atoms with Gasteiger partial charge in [0.15, 0.2) is 6.61 Å². The number of carboxylic acids is 1. The van der Waals surface area contributed by atoms with E-state index in [1.165, 1.54) is 0 Å². The van der Waals surface area contributed by atoms with Gasteiger partial charge in [0.2, 0.25) is 0 Å². The van der Waals surface area contributed by atoms with E-state index in [0.29, 0.717) is 17.3 Å². The minimum absolute atomic E-state index is 0.262. The minimum atomic E-state index is -1.00. The molecule has 0 unspecified atom stereocenters. The summed E-state index contributed by atoms with van der Waals surface area (Å²) in [5, 5.41) is 12.5. The molecule has 0 radical (unpaired) electrons. The van der Waals surface area contributed by atoms with Gasteiger partial charge in [0.25, 0.3) is 0 Å². The third kappa shape index (κ3) is 4.67. The van der Waals surface area contributed by atoms with Crippen LogP contribution in [0.2, 0.25) is 5.02 Å². The highest BCUT2D eigenvalue weighted by molar-refractivity contribution is 6.30. The van der Waals surface area contributed by atoms with Crippen LogP contribution in [0.4, 0.5) is 0 Å². The first kappa shape index (κ1) is 15.1. The second-order valence-electron chi connectivity index (χ2n) is 4.70. The Kier molecular flexibility index (Phi) is 5.64. The topological polar surface area (TPSA) is 67.8 Å². The lowest BCUT2D eigenvalue weighted by Crippen LogP contribution is -2.26. The number of benzene rings is 1. The molecule has 0 amide bonds. The van der Waals surface area contributed by atoms with E-state index < -0.39 is 5.97 Å². The predicted octanol–water partition coefficient (Wildman–Crippen LogP) is 2.07. The smallest absolute Gasteiger partial charge is 0.341 e. The molecule has 1 aliphatic heterocycles. The minimum Gasteiger partial charge on any atom is -0.482 e. The van der Waals surface area contributed by atoms with Crippen molar-refractivity contribution in [1.29, 1.82) is 0 Å². The number of rotatable bonds is 7. The summed E-state index contributed by atoms with van der Waals surface area (Å²) in [6.45, 7) is 1.80. The molecule has 6 heteroatoms. The molecule has 1 aliphatic rings. The number of aliphatic carboxylic acids is 1. The van der Waals surface area contributed by atoms with Crippen molar-refractivity contribution in [3.05, 3.63) is 28.8 Å². The first-order valence-electron chi connectivity index (χ1n) is 6.60. The van der Waals surface area contributed by atoms with Crippen molar-refractivity contribution in [3.8, 4) is 5.75 Å². The number of ether oxygens (including phenoxy) is 2. The fourth-order valence-electron chi connectivity index (χ4n) is 2.14. The Hall–Kier alpha value is -1.30. The van der Waals surface area contributed by atoms with Crippen LogP contribution in [-0.4, -0.2) is 36.9 Å². The van der Waals surface area contributed by atoms with Crippen molar-refractivity contribution in [2.75, 3.05) is 19.8 Å². The number of hydrogen-bond donors (Lipinski definition) is 2. The van der Waals surface area contributed by atoms with Crippen molar-refractivity contribution >= 4 is 17.6 Å². The molecule has 2 rings (SSSR count). The normalized spacial score (nSPS) is 18.1. The maximum Gasteiger partial charge on any atom is 0.341 e. The third-order valence-corrected chi connectivity index (χ3v) is 3.32. The molecule has 1 heterocycles. The Labute approximate surface area is 122 Å².